The molecule has 30 heavy (non-hydrogen) atoms. The first-order valence-corrected chi connectivity index (χ1v) is 9.64. The van der Waals surface area contributed by atoms with Crippen molar-refractivity contribution in [3.05, 3.63) is 65.4 Å². The highest BCUT2D eigenvalue weighted by molar-refractivity contribution is 6.04. The summed E-state index contributed by atoms with van der Waals surface area (Å²) in [4.78, 5) is 36.6. The van der Waals surface area contributed by atoms with Crippen LogP contribution in [0.4, 0.5) is 5.69 Å². The number of carbonyl (C=O) groups excluding carboxylic acids is 3. The third-order valence-electron chi connectivity index (χ3n) is 4.86. The van der Waals surface area contributed by atoms with Gasteiger partial charge in [0.25, 0.3) is 5.91 Å². The first kappa shape index (κ1) is 21.1. The summed E-state index contributed by atoms with van der Waals surface area (Å²) < 4.78 is 11.6. The maximum Gasteiger partial charge on any atom is 0.340 e. The van der Waals surface area contributed by atoms with Gasteiger partial charge in [-0.05, 0) is 30.5 Å². The molecular formula is C23H24N2O5. The minimum Gasteiger partial charge on any atom is -0.465 e. The van der Waals surface area contributed by atoms with E-state index in [0.29, 0.717) is 16.5 Å². The van der Waals surface area contributed by atoms with Crippen LogP contribution in [0.25, 0.3) is 10.9 Å². The van der Waals surface area contributed by atoms with Gasteiger partial charge < -0.3 is 19.4 Å². The maximum atomic E-state index is 12.3. The Balaban J connectivity index is 1.66. The van der Waals surface area contributed by atoms with E-state index >= 15 is 0 Å². The van der Waals surface area contributed by atoms with Crippen LogP contribution in [0.2, 0.25) is 0 Å². The van der Waals surface area contributed by atoms with E-state index in [2.05, 4.69) is 5.32 Å². The third-order valence-corrected chi connectivity index (χ3v) is 4.86. The van der Waals surface area contributed by atoms with Crippen LogP contribution in [0, 0.1) is 6.92 Å². The van der Waals surface area contributed by atoms with Crippen molar-refractivity contribution >= 4 is 34.4 Å². The molecule has 7 nitrogen and oxygen atoms in total. The van der Waals surface area contributed by atoms with E-state index in [9.17, 15) is 14.4 Å². The molecule has 2 aromatic carbocycles. The van der Waals surface area contributed by atoms with Crippen LogP contribution < -0.4 is 5.32 Å². The Morgan fingerprint density at radius 2 is 1.83 bits per heavy atom. The summed E-state index contributed by atoms with van der Waals surface area (Å²) in [6, 6.07) is 13.0. The molecule has 1 heterocycles. The lowest BCUT2D eigenvalue weighted by atomic mass is 10.1. The molecule has 1 amide bonds. The molecule has 3 aromatic rings. The summed E-state index contributed by atoms with van der Waals surface area (Å²) >= 11 is 0. The second-order valence-electron chi connectivity index (χ2n) is 6.85. The number of carbonyl (C=O) groups is 3. The van der Waals surface area contributed by atoms with Gasteiger partial charge in [0.2, 0.25) is 0 Å². The largest absolute Gasteiger partial charge is 0.465 e. The van der Waals surface area contributed by atoms with Gasteiger partial charge in [0.15, 0.2) is 6.61 Å². The predicted molar refractivity (Wildman–Crippen MR) is 113 cm³/mol. The summed E-state index contributed by atoms with van der Waals surface area (Å²) in [5, 5.41) is 3.50. The number of aryl methyl sites for hydroxylation is 2. The van der Waals surface area contributed by atoms with E-state index in [4.69, 9.17) is 9.47 Å². The number of hydrogen-bond acceptors (Lipinski definition) is 5. The lowest BCUT2D eigenvalue weighted by Gasteiger charge is -2.13. The van der Waals surface area contributed by atoms with Crippen molar-refractivity contribution in [3.63, 3.8) is 0 Å². The first-order valence-electron chi connectivity index (χ1n) is 9.64. The van der Waals surface area contributed by atoms with Gasteiger partial charge in [-0.25, -0.2) is 4.79 Å². The highest BCUT2D eigenvalue weighted by Gasteiger charge is 2.18. The number of nitrogens with one attached hydrogen (secondary N) is 1. The molecule has 0 aliphatic carbocycles. The molecule has 156 valence electrons. The number of rotatable bonds is 7. The van der Waals surface area contributed by atoms with Gasteiger partial charge in [0, 0.05) is 22.8 Å². The molecule has 0 fully saturated rings. The lowest BCUT2D eigenvalue weighted by molar-refractivity contribution is -0.147. The fourth-order valence-corrected chi connectivity index (χ4v) is 3.36. The minimum absolute atomic E-state index is 0.130. The van der Waals surface area contributed by atoms with Crippen molar-refractivity contribution in [3.8, 4) is 0 Å². The SMILES string of the molecule is CCc1cccc(C)c1NC(=O)COC(=O)Cn1cc(C(=O)OC)c2ccccc21. The Kier molecular flexibility index (Phi) is 6.51. The monoisotopic (exact) mass is 408 g/mol. The van der Waals surface area contributed by atoms with Crippen LogP contribution in [0.1, 0.15) is 28.4 Å². The highest BCUT2D eigenvalue weighted by Crippen LogP contribution is 2.23. The zero-order valence-corrected chi connectivity index (χ0v) is 17.2. The molecule has 1 N–H and O–H groups in total. The standard InChI is InChI=1S/C23H24N2O5/c1-4-16-9-7-8-15(2)22(16)24-20(26)14-30-21(27)13-25-12-18(23(28)29-3)17-10-5-6-11-19(17)25/h5-12H,4,13-14H2,1-3H3,(H,24,26). The number of aromatic nitrogens is 1. The Labute approximate surface area is 174 Å². The van der Waals surface area contributed by atoms with Crippen molar-refractivity contribution < 1.29 is 23.9 Å². The van der Waals surface area contributed by atoms with Crippen LogP contribution in [-0.4, -0.2) is 36.1 Å². The van der Waals surface area contributed by atoms with Crippen molar-refractivity contribution in [1.29, 1.82) is 0 Å². The van der Waals surface area contributed by atoms with E-state index in [1.165, 1.54) is 7.11 Å². The van der Waals surface area contributed by atoms with Crippen LogP contribution in [0.15, 0.2) is 48.7 Å². The van der Waals surface area contributed by atoms with Gasteiger partial charge in [-0.3, -0.25) is 9.59 Å². The zero-order valence-electron chi connectivity index (χ0n) is 17.2. The van der Waals surface area contributed by atoms with Crippen LogP contribution in [0.5, 0.6) is 0 Å². The van der Waals surface area contributed by atoms with Crippen LogP contribution in [-0.2, 0) is 32.0 Å². The molecule has 0 aliphatic heterocycles. The Hall–Kier alpha value is -3.61. The number of nitrogens with zero attached hydrogens (tertiary/aromatic N) is 1. The summed E-state index contributed by atoms with van der Waals surface area (Å²) in [6.45, 7) is 3.40. The fourth-order valence-electron chi connectivity index (χ4n) is 3.36. The Bertz CT molecular complexity index is 1100. The van der Waals surface area contributed by atoms with Crippen LogP contribution >= 0.6 is 0 Å². The molecule has 0 bridgehead atoms. The van der Waals surface area contributed by atoms with Gasteiger partial charge in [-0.2, -0.15) is 0 Å². The molecule has 0 radical (unpaired) electrons. The maximum absolute atomic E-state index is 12.3. The predicted octanol–water partition coefficient (Wildman–Crippen LogP) is 3.48. The van der Waals surface area contributed by atoms with E-state index in [-0.39, 0.29) is 13.2 Å². The first-order chi connectivity index (χ1) is 14.4. The number of amides is 1. The topological polar surface area (TPSA) is 86.6 Å². The van der Waals surface area contributed by atoms with Gasteiger partial charge in [0.1, 0.15) is 6.54 Å². The normalized spacial score (nSPS) is 10.6. The number of anilines is 1. The van der Waals surface area contributed by atoms with E-state index in [0.717, 1.165) is 23.2 Å². The fraction of sp³-hybridized carbons (Fsp3) is 0.261. The van der Waals surface area contributed by atoms with Crippen molar-refractivity contribution in [2.24, 2.45) is 0 Å². The molecule has 3 rings (SSSR count). The van der Waals surface area contributed by atoms with E-state index in [1.807, 2.05) is 38.1 Å². The summed E-state index contributed by atoms with van der Waals surface area (Å²) in [6.07, 6.45) is 2.33. The van der Waals surface area contributed by atoms with E-state index < -0.39 is 17.8 Å². The third kappa shape index (κ3) is 4.51. The summed E-state index contributed by atoms with van der Waals surface area (Å²) in [5.74, 6) is -1.47. The number of ether oxygens (including phenoxy) is 2. The van der Waals surface area contributed by atoms with Gasteiger partial charge in [-0.15, -0.1) is 0 Å². The van der Waals surface area contributed by atoms with Crippen molar-refractivity contribution in [1.82, 2.24) is 4.57 Å². The minimum atomic E-state index is -0.581. The van der Waals surface area contributed by atoms with Gasteiger partial charge in [-0.1, -0.05) is 43.3 Å². The Morgan fingerprint density at radius 3 is 2.57 bits per heavy atom. The smallest absolute Gasteiger partial charge is 0.340 e. The average Bonchev–Trinajstić information content (AvgIpc) is 3.11. The molecule has 0 atom stereocenters. The number of esters is 2. The van der Waals surface area contributed by atoms with Crippen molar-refractivity contribution in [2.75, 3.05) is 19.0 Å². The van der Waals surface area contributed by atoms with Crippen LogP contribution in [0.3, 0.4) is 0 Å². The summed E-state index contributed by atoms with van der Waals surface area (Å²) in [5.41, 5.74) is 3.78. The number of hydrogen-bond donors (Lipinski definition) is 1. The molecule has 0 aliphatic rings. The molecule has 0 saturated carbocycles. The zero-order chi connectivity index (χ0) is 21.7. The molecule has 0 saturated heterocycles. The molecule has 0 unspecified atom stereocenters. The second kappa shape index (κ2) is 9.26. The number of methoxy groups -OCH3 is 1. The molecular weight excluding hydrogens is 384 g/mol. The van der Waals surface area contributed by atoms with Gasteiger partial charge in [0.05, 0.1) is 12.7 Å². The molecule has 7 heteroatoms. The molecule has 0 spiro atoms. The van der Waals surface area contributed by atoms with Crippen molar-refractivity contribution in [2.45, 2.75) is 26.8 Å². The number of benzene rings is 2. The lowest BCUT2D eigenvalue weighted by Crippen LogP contribution is -2.23. The second-order valence-corrected chi connectivity index (χ2v) is 6.85. The Morgan fingerprint density at radius 1 is 1.07 bits per heavy atom. The highest BCUT2D eigenvalue weighted by atomic mass is 16.5. The van der Waals surface area contributed by atoms with E-state index in [1.54, 1.807) is 29.0 Å². The number of fused-ring (bicyclic) bond motifs is 1. The summed E-state index contributed by atoms with van der Waals surface area (Å²) in [7, 11) is 1.31. The molecule has 1 aromatic heterocycles. The quantitative estimate of drug-likeness (QED) is 0.605. The number of para-hydroxylation sites is 2. The average molecular weight is 408 g/mol. The van der Waals surface area contributed by atoms with Gasteiger partial charge >= 0.3 is 11.9 Å².